The van der Waals surface area contributed by atoms with Crippen molar-refractivity contribution in [2.45, 2.75) is 37.9 Å². The zero-order valence-electron chi connectivity index (χ0n) is 11.5. The van der Waals surface area contributed by atoms with Crippen molar-refractivity contribution in [1.82, 2.24) is 0 Å². The summed E-state index contributed by atoms with van der Waals surface area (Å²) in [5.74, 6) is -0.254. The summed E-state index contributed by atoms with van der Waals surface area (Å²) in [6, 6.07) is 5.61. The van der Waals surface area contributed by atoms with E-state index in [1.54, 1.807) is 6.07 Å². The maximum Gasteiger partial charge on any atom is 0.332 e. The van der Waals surface area contributed by atoms with E-state index in [0.29, 0.717) is 31.6 Å². The van der Waals surface area contributed by atoms with Gasteiger partial charge in [0.15, 0.2) is 6.10 Å². The van der Waals surface area contributed by atoms with E-state index < -0.39 is 12.1 Å². The van der Waals surface area contributed by atoms with E-state index in [1.165, 1.54) is 0 Å². The zero-order valence-corrected chi connectivity index (χ0v) is 11.5. The Morgan fingerprint density at radius 2 is 2.24 bits per heavy atom. The first kappa shape index (κ1) is 13.9. The van der Waals surface area contributed by atoms with E-state index in [4.69, 9.17) is 14.6 Å². The average Bonchev–Trinajstić information content (AvgIpc) is 2.93. The van der Waals surface area contributed by atoms with Gasteiger partial charge in [0.1, 0.15) is 12.4 Å². The number of ether oxygens (including phenoxy) is 2. The third-order valence-corrected chi connectivity index (χ3v) is 3.80. The molecule has 2 unspecified atom stereocenters. The summed E-state index contributed by atoms with van der Waals surface area (Å²) in [6.07, 6.45) is 1.54. The Hall–Kier alpha value is -2.08. The van der Waals surface area contributed by atoms with Crippen molar-refractivity contribution in [2.24, 2.45) is 0 Å². The molecule has 1 saturated heterocycles. The topological polar surface area (TPSA) is 84.9 Å². The normalized spacial score (nSPS) is 24.3. The third kappa shape index (κ3) is 3.16. The molecule has 0 bridgehead atoms. The molecule has 2 aliphatic rings. The van der Waals surface area contributed by atoms with Crippen LogP contribution >= 0.6 is 0 Å². The Balaban J connectivity index is 1.58. The summed E-state index contributed by atoms with van der Waals surface area (Å²) in [4.78, 5) is 22.2. The van der Waals surface area contributed by atoms with E-state index in [2.05, 4.69) is 5.32 Å². The van der Waals surface area contributed by atoms with Crippen molar-refractivity contribution in [1.29, 1.82) is 0 Å². The molecule has 0 radical (unpaired) electrons. The van der Waals surface area contributed by atoms with Crippen LogP contribution in [0.1, 0.15) is 24.8 Å². The fourth-order valence-electron chi connectivity index (χ4n) is 2.64. The van der Waals surface area contributed by atoms with E-state index >= 15 is 0 Å². The van der Waals surface area contributed by atoms with Crippen molar-refractivity contribution in [3.8, 4) is 5.75 Å². The molecule has 0 aliphatic carbocycles. The number of benzene rings is 1. The maximum atomic E-state index is 11.4. The molecule has 1 amide bonds. The Labute approximate surface area is 122 Å². The van der Waals surface area contributed by atoms with Crippen LogP contribution in [0.25, 0.3) is 0 Å². The van der Waals surface area contributed by atoms with Gasteiger partial charge in [-0.1, -0.05) is 6.07 Å². The number of carboxylic acids is 1. The summed E-state index contributed by atoms with van der Waals surface area (Å²) < 4.78 is 11.0. The zero-order chi connectivity index (χ0) is 14.8. The standard InChI is InChI=1S/C15H17NO5/c17-14-6-2-9-1-3-10(7-12(9)16-14)20-8-11-4-5-13(21-11)15(18)19/h1,3,7,11,13H,2,4-6,8H2,(H,16,17)(H,18,19). The minimum absolute atomic E-state index is 0.0167. The van der Waals surface area contributed by atoms with Gasteiger partial charge in [-0.15, -0.1) is 0 Å². The number of hydrogen-bond donors (Lipinski definition) is 2. The van der Waals surface area contributed by atoms with Crippen molar-refractivity contribution >= 4 is 17.6 Å². The number of carbonyl (C=O) groups excluding carboxylic acids is 1. The van der Waals surface area contributed by atoms with E-state index in [1.807, 2.05) is 12.1 Å². The fourth-order valence-corrected chi connectivity index (χ4v) is 2.64. The smallest absolute Gasteiger partial charge is 0.332 e. The van der Waals surface area contributed by atoms with Crippen LogP contribution in [0.3, 0.4) is 0 Å². The Kier molecular flexibility index (Phi) is 3.79. The molecule has 2 aliphatic heterocycles. The summed E-state index contributed by atoms with van der Waals surface area (Å²) in [5, 5.41) is 11.7. The number of carboxylic acid groups (broad SMARTS) is 1. The lowest BCUT2D eigenvalue weighted by Crippen LogP contribution is -2.23. The molecule has 2 heterocycles. The van der Waals surface area contributed by atoms with Gasteiger partial charge in [-0.3, -0.25) is 4.79 Å². The molecule has 3 rings (SSSR count). The molecule has 1 aromatic carbocycles. The fraction of sp³-hybridized carbons (Fsp3) is 0.467. The SMILES string of the molecule is O=C1CCc2ccc(OCC3CCC(C(=O)O)O3)cc2N1. The van der Waals surface area contributed by atoms with Gasteiger partial charge in [0.25, 0.3) is 0 Å². The first-order valence-electron chi connectivity index (χ1n) is 7.05. The largest absolute Gasteiger partial charge is 0.491 e. The van der Waals surface area contributed by atoms with Crippen LogP contribution in [0.15, 0.2) is 18.2 Å². The molecule has 6 nitrogen and oxygen atoms in total. The molecule has 2 atom stereocenters. The number of aryl methyl sites for hydroxylation is 1. The van der Waals surface area contributed by atoms with Gasteiger partial charge in [0.2, 0.25) is 5.91 Å². The van der Waals surface area contributed by atoms with Gasteiger partial charge in [-0.05, 0) is 30.9 Å². The summed E-state index contributed by atoms with van der Waals surface area (Å²) in [5.41, 5.74) is 1.89. The third-order valence-electron chi connectivity index (χ3n) is 3.80. The van der Waals surface area contributed by atoms with Crippen LogP contribution in [0.4, 0.5) is 5.69 Å². The number of hydrogen-bond acceptors (Lipinski definition) is 4. The molecule has 112 valence electrons. The highest BCUT2D eigenvalue weighted by Crippen LogP contribution is 2.28. The molecule has 1 fully saturated rings. The van der Waals surface area contributed by atoms with Crippen LogP contribution < -0.4 is 10.1 Å². The summed E-state index contributed by atoms with van der Waals surface area (Å²) in [7, 11) is 0. The van der Waals surface area contributed by atoms with Crippen molar-refractivity contribution in [3.63, 3.8) is 0 Å². The highest BCUT2D eigenvalue weighted by Gasteiger charge is 2.30. The lowest BCUT2D eigenvalue weighted by molar-refractivity contribution is -0.149. The van der Waals surface area contributed by atoms with Crippen molar-refractivity contribution in [2.75, 3.05) is 11.9 Å². The lowest BCUT2D eigenvalue weighted by atomic mass is 10.0. The number of rotatable bonds is 4. The minimum Gasteiger partial charge on any atom is -0.491 e. The minimum atomic E-state index is -0.922. The van der Waals surface area contributed by atoms with Crippen LogP contribution in [-0.4, -0.2) is 35.8 Å². The van der Waals surface area contributed by atoms with E-state index in [0.717, 1.165) is 17.7 Å². The van der Waals surface area contributed by atoms with Gasteiger partial charge in [-0.25, -0.2) is 4.79 Å². The molecule has 0 spiro atoms. The summed E-state index contributed by atoms with van der Waals surface area (Å²) in [6.45, 7) is 0.316. The number of nitrogens with one attached hydrogen (secondary N) is 1. The van der Waals surface area contributed by atoms with Crippen molar-refractivity contribution in [3.05, 3.63) is 23.8 Å². The first-order chi connectivity index (χ1) is 10.1. The number of fused-ring (bicyclic) bond motifs is 1. The summed E-state index contributed by atoms with van der Waals surface area (Å²) >= 11 is 0. The van der Waals surface area contributed by atoms with Crippen LogP contribution in [-0.2, 0) is 20.7 Å². The lowest BCUT2D eigenvalue weighted by Gasteiger charge is -2.18. The van der Waals surface area contributed by atoms with Crippen LogP contribution in [0.2, 0.25) is 0 Å². The number of carbonyl (C=O) groups is 2. The molecular weight excluding hydrogens is 274 g/mol. The van der Waals surface area contributed by atoms with Crippen LogP contribution in [0.5, 0.6) is 5.75 Å². The highest BCUT2D eigenvalue weighted by atomic mass is 16.6. The monoisotopic (exact) mass is 291 g/mol. The van der Waals surface area contributed by atoms with Gasteiger partial charge in [0.05, 0.1) is 6.10 Å². The molecular formula is C15H17NO5. The van der Waals surface area contributed by atoms with Gasteiger partial charge >= 0.3 is 5.97 Å². The number of aliphatic carboxylic acids is 1. The quantitative estimate of drug-likeness (QED) is 0.880. The predicted octanol–water partition coefficient (Wildman–Crippen LogP) is 1.58. The Morgan fingerprint density at radius 3 is 3.00 bits per heavy atom. The molecule has 0 saturated carbocycles. The second kappa shape index (κ2) is 5.73. The highest BCUT2D eigenvalue weighted by molar-refractivity contribution is 5.94. The molecule has 2 N–H and O–H groups in total. The van der Waals surface area contributed by atoms with Gasteiger partial charge in [0, 0.05) is 18.2 Å². The molecule has 0 aromatic heterocycles. The van der Waals surface area contributed by atoms with E-state index in [9.17, 15) is 9.59 Å². The van der Waals surface area contributed by atoms with Gasteiger partial charge < -0.3 is 19.9 Å². The number of anilines is 1. The average molecular weight is 291 g/mol. The van der Waals surface area contributed by atoms with Crippen molar-refractivity contribution < 1.29 is 24.2 Å². The Morgan fingerprint density at radius 1 is 1.38 bits per heavy atom. The molecule has 21 heavy (non-hydrogen) atoms. The maximum absolute atomic E-state index is 11.4. The van der Waals surface area contributed by atoms with Gasteiger partial charge in [-0.2, -0.15) is 0 Å². The first-order valence-corrected chi connectivity index (χ1v) is 7.05. The Bertz CT molecular complexity index is 571. The van der Waals surface area contributed by atoms with E-state index in [-0.39, 0.29) is 12.0 Å². The van der Waals surface area contributed by atoms with Crippen LogP contribution in [0, 0.1) is 0 Å². The second-order valence-electron chi connectivity index (χ2n) is 5.34. The number of amides is 1. The predicted molar refractivity (Wildman–Crippen MR) is 74.4 cm³/mol. The second-order valence-corrected chi connectivity index (χ2v) is 5.34. The molecule has 6 heteroatoms. The molecule has 1 aromatic rings.